The van der Waals surface area contributed by atoms with Gasteiger partial charge in [-0.05, 0) is 35.4 Å². The Bertz CT molecular complexity index is 855. The lowest BCUT2D eigenvalue weighted by Crippen LogP contribution is -2.23. The van der Waals surface area contributed by atoms with Gasteiger partial charge in [-0.3, -0.25) is 14.8 Å². The van der Waals surface area contributed by atoms with E-state index in [2.05, 4.69) is 20.6 Å². The summed E-state index contributed by atoms with van der Waals surface area (Å²) < 4.78 is 0. The van der Waals surface area contributed by atoms with Crippen molar-refractivity contribution < 1.29 is 4.79 Å². The van der Waals surface area contributed by atoms with Crippen molar-refractivity contribution in [2.75, 3.05) is 5.32 Å². The molecule has 2 heterocycles. The van der Waals surface area contributed by atoms with Crippen LogP contribution in [-0.4, -0.2) is 15.9 Å². The van der Waals surface area contributed by atoms with E-state index in [1.54, 1.807) is 24.7 Å². The number of nitrogens with one attached hydrogen (secondary N) is 2. The Morgan fingerprint density at radius 2 is 1.92 bits per heavy atom. The van der Waals surface area contributed by atoms with Crippen molar-refractivity contribution in [2.45, 2.75) is 13.1 Å². The molecule has 3 rings (SSSR count). The fourth-order valence-corrected chi connectivity index (χ4v) is 2.48. The summed E-state index contributed by atoms with van der Waals surface area (Å²) in [6.45, 7) is 0.978. The monoisotopic (exact) mass is 352 g/mol. The van der Waals surface area contributed by atoms with Gasteiger partial charge in [0, 0.05) is 42.4 Å². The van der Waals surface area contributed by atoms with Crippen molar-refractivity contribution in [3.8, 4) is 0 Å². The van der Waals surface area contributed by atoms with Crippen LogP contribution in [0.2, 0.25) is 5.02 Å². The van der Waals surface area contributed by atoms with Crippen LogP contribution in [0.5, 0.6) is 0 Å². The predicted molar refractivity (Wildman–Crippen MR) is 98.4 cm³/mol. The fourth-order valence-electron chi connectivity index (χ4n) is 2.28. The Morgan fingerprint density at radius 1 is 1.04 bits per heavy atom. The molecule has 1 aromatic carbocycles. The molecule has 0 bridgehead atoms. The largest absolute Gasteiger partial charge is 0.381 e. The van der Waals surface area contributed by atoms with Crippen LogP contribution >= 0.6 is 11.6 Å². The zero-order chi connectivity index (χ0) is 17.5. The van der Waals surface area contributed by atoms with Gasteiger partial charge in [-0.15, -0.1) is 0 Å². The average Bonchev–Trinajstić information content (AvgIpc) is 2.66. The number of amides is 1. The minimum atomic E-state index is -0.231. The van der Waals surface area contributed by atoms with Crippen LogP contribution in [0.4, 0.5) is 5.69 Å². The quantitative estimate of drug-likeness (QED) is 0.710. The molecule has 2 aromatic heterocycles. The van der Waals surface area contributed by atoms with E-state index < -0.39 is 0 Å². The lowest BCUT2D eigenvalue weighted by molar-refractivity contribution is 0.0946. The number of carbonyl (C=O) groups excluding carboxylic acids is 1. The van der Waals surface area contributed by atoms with Gasteiger partial charge in [0.15, 0.2) is 0 Å². The summed E-state index contributed by atoms with van der Waals surface area (Å²) in [6, 6.07) is 14.9. The lowest BCUT2D eigenvalue weighted by Gasteiger charge is -2.09. The summed E-state index contributed by atoms with van der Waals surface area (Å²) in [5.41, 5.74) is 3.09. The van der Waals surface area contributed by atoms with Gasteiger partial charge in [0.05, 0.1) is 0 Å². The first-order chi connectivity index (χ1) is 12.2. The Morgan fingerprint density at radius 3 is 2.72 bits per heavy atom. The maximum Gasteiger partial charge on any atom is 0.270 e. The number of aromatic nitrogens is 2. The highest BCUT2D eigenvalue weighted by Gasteiger charge is 2.08. The second-order valence-electron chi connectivity index (χ2n) is 5.42. The number of rotatable bonds is 6. The van der Waals surface area contributed by atoms with Gasteiger partial charge in [0.1, 0.15) is 5.69 Å². The van der Waals surface area contributed by atoms with Crippen molar-refractivity contribution >= 4 is 23.2 Å². The van der Waals surface area contributed by atoms with E-state index in [9.17, 15) is 4.79 Å². The van der Waals surface area contributed by atoms with E-state index in [1.165, 1.54) is 0 Å². The van der Waals surface area contributed by atoms with Gasteiger partial charge < -0.3 is 10.6 Å². The van der Waals surface area contributed by atoms with Crippen LogP contribution < -0.4 is 10.6 Å². The second-order valence-corrected chi connectivity index (χ2v) is 5.83. The van der Waals surface area contributed by atoms with Crippen LogP contribution in [0.15, 0.2) is 67.1 Å². The Kier molecular flexibility index (Phi) is 5.59. The van der Waals surface area contributed by atoms with Crippen LogP contribution in [-0.2, 0) is 13.1 Å². The number of hydrogen-bond acceptors (Lipinski definition) is 4. The minimum absolute atomic E-state index is 0.231. The molecule has 0 aliphatic heterocycles. The number of carbonyl (C=O) groups is 1. The maximum absolute atomic E-state index is 12.3. The summed E-state index contributed by atoms with van der Waals surface area (Å²) in [5.74, 6) is -0.231. The van der Waals surface area contributed by atoms with Crippen LogP contribution in [0.25, 0.3) is 0 Å². The standard InChI is InChI=1S/C19H17ClN4O/c20-17-6-2-1-5-15(17)13-23-16-7-9-22-18(10-16)19(25)24-12-14-4-3-8-21-11-14/h1-11H,12-13H2,(H,22,23)(H,24,25). The first-order valence-corrected chi connectivity index (χ1v) is 8.20. The van der Waals surface area contributed by atoms with Crippen molar-refractivity contribution in [3.63, 3.8) is 0 Å². The van der Waals surface area contributed by atoms with Gasteiger partial charge in [-0.1, -0.05) is 35.9 Å². The number of halogens is 1. The van der Waals surface area contributed by atoms with Crippen LogP contribution in [0.3, 0.4) is 0 Å². The molecule has 0 fully saturated rings. The smallest absolute Gasteiger partial charge is 0.270 e. The normalized spacial score (nSPS) is 10.3. The Hall–Kier alpha value is -2.92. The molecule has 0 spiro atoms. The van der Waals surface area contributed by atoms with Crippen molar-refractivity contribution in [1.82, 2.24) is 15.3 Å². The number of anilines is 1. The topological polar surface area (TPSA) is 66.9 Å². The predicted octanol–water partition coefficient (Wildman–Crippen LogP) is 3.67. The highest BCUT2D eigenvalue weighted by Crippen LogP contribution is 2.17. The molecule has 0 aliphatic carbocycles. The fraction of sp³-hybridized carbons (Fsp3) is 0.105. The second kappa shape index (κ2) is 8.26. The molecule has 0 aliphatic rings. The molecule has 0 radical (unpaired) electrons. The average molecular weight is 353 g/mol. The van der Waals surface area contributed by atoms with Crippen molar-refractivity contribution in [1.29, 1.82) is 0 Å². The molecule has 2 N–H and O–H groups in total. The van der Waals surface area contributed by atoms with Gasteiger partial charge in [-0.2, -0.15) is 0 Å². The summed E-state index contributed by atoms with van der Waals surface area (Å²) in [5, 5.41) is 6.80. The molecule has 25 heavy (non-hydrogen) atoms. The molecular formula is C19H17ClN4O. The number of nitrogens with zero attached hydrogens (tertiary/aromatic N) is 2. The van der Waals surface area contributed by atoms with E-state index in [0.29, 0.717) is 23.8 Å². The van der Waals surface area contributed by atoms with E-state index in [-0.39, 0.29) is 5.91 Å². The van der Waals surface area contributed by atoms with Crippen LogP contribution in [0, 0.1) is 0 Å². The Balaban J connectivity index is 1.61. The zero-order valence-corrected chi connectivity index (χ0v) is 14.2. The van der Waals surface area contributed by atoms with Crippen molar-refractivity contribution in [2.24, 2.45) is 0 Å². The third-order valence-corrected chi connectivity index (χ3v) is 3.98. The number of pyridine rings is 2. The zero-order valence-electron chi connectivity index (χ0n) is 13.4. The van der Waals surface area contributed by atoms with E-state index in [4.69, 9.17) is 11.6 Å². The molecule has 0 atom stereocenters. The van der Waals surface area contributed by atoms with E-state index >= 15 is 0 Å². The molecule has 0 saturated carbocycles. The maximum atomic E-state index is 12.3. The van der Waals surface area contributed by atoms with E-state index in [0.717, 1.165) is 16.8 Å². The van der Waals surface area contributed by atoms with Gasteiger partial charge in [0.25, 0.3) is 5.91 Å². The van der Waals surface area contributed by atoms with Gasteiger partial charge >= 0.3 is 0 Å². The molecule has 0 saturated heterocycles. The lowest BCUT2D eigenvalue weighted by atomic mass is 10.2. The number of hydrogen-bond donors (Lipinski definition) is 2. The number of benzene rings is 1. The third-order valence-electron chi connectivity index (χ3n) is 3.61. The molecule has 0 unspecified atom stereocenters. The molecule has 3 aromatic rings. The highest BCUT2D eigenvalue weighted by molar-refractivity contribution is 6.31. The van der Waals surface area contributed by atoms with Crippen molar-refractivity contribution in [3.05, 3.63) is 89.0 Å². The third kappa shape index (κ3) is 4.78. The molecular weight excluding hydrogens is 336 g/mol. The molecule has 6 heteroatoms. The minimum Gasteiger partial charge on any atom is -0.381 e. The molecule has 1 amide bonds. The summed E-state index contributed by atoms with van der Waals surface area (Å²) >= 11 is 6.15. The SMILES string of the molecule is O=C(NCc1cccnc1)c1cc(NCc2ccccc2Cl)ccn1. The first-order valence-electron chi connectivity index (χ1n) is 7.83. The summed E-state index contributed by atoms with van der Waals surface area (Å²) in [7, 11) is 0. The van der Waals surface area contributed by atoms with E-state index in [1.807, 2.05) is 42.5 Å². The Labute approximate surface area is 151 Å². The van der Waals surface area contributed by atoms with Gasteiger partial charge in [-0.25, -0.2) is 0 Å². The van der Waals surface area contributed by atoms with Crippen LogP contribution in [0.1, 0.15) is 21.6 Å². The molecule has 126 valence electrons. The highest BCUT2D eigenvalue weighted by atomic mass is 35.5. The molecule has 5 nitrogen and oxygen atoms in total. The summed E-state index contributed by atoms with van der Waals surface area (Å²) in [4.78, 5) is 20.4. The summed E-state index contributed by atoms with van der Waals surface area (Å²) in [6.07, 6.45) is 5.02. The van der Waals surface area contributed by atoms with Gasteiger partial charge in [0.2, 0.25) is 0 Å². The first kappa shape index (κ1) is 16.9.